The lowest BCUT2D eigenvalue weighted by atomic mass is 10.4. The highest BCUT2D eigenvalue weighted by Gasteiger charge is 2.47. The molecule has 0 aliphatic heterocycles. The molecule has 0 aromatic heterocycles. The van der Waals surface area contributed by atoms with Crippen molar-refractivity contribution in [3.05, 3.63) is 0 Å². The van der Waals surface area contributed by atoms with E-state index in [9.17, 15) is 0 Å². The second-order valence-electron chi connectivity index (χ2n) is 4.45. The summed E-state index contributed by atoms with van der Waals surface area (Å²) in [5, 5.41) is 0. The molecule has 0 aliphatic carbocycles. The van der Waals surface area contributed by atoms with Crippen LogP contribution in [-0.2, 0) is 13.3 Å². The molecule has 0 bridgehead atoms. The van der Waals surface area contributed by atoms with Gasteiger partial charge in [-0.1, -0.05) is 34.1 Å². The van der Waals surface area contributed by atoms with Gasteiger partial charge in [0.25, 0.3) is 0 Å². The summed E-state index contributed by atoms with van der Waals surface area (Å²) >= 11 is 4.70. The summed E-state index contributed by atoms with van der Waals surface area (Å²) < 4.78 is 18.0. The molecule has 0 aromatic carbocycles. The third kappa shape index (κ3) is 6.57. The molecule has 1 unspecified atom stereocenters. The summed E-state index contributed by atoms with van der Waals surface area (Å²) in [4.78, 5) is 0.0900. The van der Waals surface area contributed by atoms with Crippen molar-refractivity contribution in [3.8, 4) is 0 Å². The van der Waals surface area contributed by atoms with Gasteiger partial charge < -0.3 is 13.3 Å². The van der Waals surface area contributed by atoms with E-state index in [0.29, 0.717) is 19.8 Å². The van der Waals surface area contributed by atoms with Gasteiger partial charge in [0.2, 0.25) is 0 Å². The molecular formula is C13H30O3SSi. The van der Waals surface area contributed by atoms with Crippen molar-refractivity contribution in [1.82, 2.24) is 0 Å². The van der Waals surface area contributed by atoms with Crippen LogP contribution >= 0.6 is 12.6 Å². The van der Waals surface area contributed by atoms with Crippen LogP contribution in [-0.4, -0.2) is 33.5 Å². The molecule has 0 radical (unpaired) electrons. The van der Waals surface area contributed by atoms with E-state index in [0.717, 1.165) is 32.1 Å². The van der Waals surface area contributed by atoms with Crippen LogP contribution in [0.25, 0.3) is 0 Å². The van der Waals surface area contributed by atoms with Gasteiger partial charge in [0.15, 0.2) is 0 Å². The summed E-state index contributed by atoms with van der Waals surface area (Å²) in [5.74, 6) is 0. The molecule has 3 nitrogen and oxygen atoms in total. The first-order valence-corrected chi connectivity index (χ1v) is 9.58. The Kier molecular flexibility index (Phi) is 11.6. The van der Waals surface area contributed by atoms with Crippen LogP contribution in [0, 0.1) is 0 Å². The molecule has 0 aliphatic rings. The molecule has 18 heavy (non-hydrogen) atoms. The van der Waals surface area contributed by atoms with Crippen LogP contribution in [0.2, 0.25) is 0 Å². The lowest BCUT2D eigenvalue weighted by molar-refractivity contribution is 0.0570. The van der Waals surface area contributed by atoms with Gasteiger partial charge in [0.05, 0.1) is 4.87 Å². The van der Waals surface area contributed by atoms with E-state index in [1.807, 2.05) is 0 Å². The highest BCUT2D eigenvalue weighted by molar-refractivity contribution is 7.83. The molecule has 5 heteroatoms. The second kappa shape index (κ2) is 11.3. The summed E-state index contributed by atoms with van der Waals surface area (Å²) in [6.45, 7) is 10.5. The van der Waals surface area contributed by atoms with E-state index in [-0.39, 0.29) is 4.87 Å². The molecule has 110 valence electrons. The predicted octanol–water partition coefficient (Wildman–Crippen LogP) is 3.84. The topological polar surface area (TPSA) is 27.7 Å². The normalized spacial score (nSPS) is 13.8. The first kappa shape index (κ1) is 18.4. The molecule has 0 saturated heterocycles. The van der Waals surface area contributed by atoms with Crippen LogP contribution in [0.3, 0.4) is 0 Å². The summed E-state index contributed by atoms with van der Waals surface area (Å²) in [6.07, 6.45) is 4.99. The van der Waals surface area contributed by atoms with Crippen LogP contribution in [0.4, 0.5) is 0 Å². The van der Waals surface area contributed by atoms with Gasteiger partial charge in [-0.25, -0.2) is 0 Å². The molecule has 0 rings (SSSR count). The van der Waals surface area contributed by atoms with Crippen molar-refractivity contribution < 1.29 is 13.3 Å². The minimum atomic E-state index is -2.62. The summed E-state index contributed by atoms with van der Waals surface area (Å²) in [6, 6.07) is 0. The van der Waals surface area contributed by atoms with Crippen molar-refractivity contribution in [1.29, 1.82) is 0 Å². The SMILES string of the molecule is CCCO[Si](OCCC)(OCCC)C(S)CCC. The third-order valence-electron chi connectivity index (χ3n) is 2.49. The molecule has 0 spiro atoms. The molecule has 0 aromatic rings. The Balaban J connectivity index is 4.72. The maximum atomic E-state index is 6.02. The van der Waals surface area contributed by atoms with Crippen molar-refractivity contribution in [2.45, 2.75) is 64.7 Å². The van der Waals surface area contributed by atoms with Crippen molar-refractivity contribution in [2.24, 2.45) is 0 Å². The van der Waals surface area contributed by atoms with Crippen molar-refractivity contribution in [3.63, 3.8) is 0 Å². The third-order valence-corrected chi connectivity index (χ3v) is 6.62. The number of thiol groups is 1. The van der Waals surface area contributed by atoms with Crippen LogP contribution in [0.5, 0.6) is 0 Å². The van der Waals surface area contributed by atoms with Gasteiger partial charge in [-0.05, 0) is 25.7 Å². The fraction of sp³-hybridized carbons (Fsp3) is 1.00. The fourth-order valence-electron chi connectivity index (χ4n) is 1.60. The zero-order valence-corrected chi connectivity index (χ0v) is 14.3. The predicted molar refractivity (Wildman–Crippen MR) is 82.2 cm³/mol. The first-order valence-electron chi connectivity index (χ1n) is 7.26. The highest BCUT2D eigenvalue weighted by atomic mass is 32.1. The molecule has 0 saturated carbocycles. The maximum Gasteiger partial charge on any atom is 0.514 e. The lowest BCUT2D eigenvalue weighted by Gasteiger charge is -2.33. The van der Waals surface area contributed by atoms with E-state index in [2.05, 4.69) is 27.7 Å². The van der Waals surface area contributed by atoms with E-state index >= 15 is 0 Å². The molecule has 0 fully saturated rings. The second-order valence-corrected chi connectivity index (χ2v) is 8.33. The Hall–Kier alpha value is 0.447. The zero-order valence-electron chi connectivity index (χ0n) is 12.4. The quantitative estimate of drug-likeness (QED) is 0.438. The first-order chi connectivity index (χ1) is 8.66. The Morgan fingerprint density at radius 2 is 1.17 bits per heavy atom. The monoisotopic (exact) mass is 294 g/mol. The fourth-order valence-corrected chi connectivity index (χ4v) is 5.46. The van der Waals surface area contributed by atoms with Crippen LogP contribution in [0.15, 0.2) is 0 Å². The smallest absolute Gasteiger partial charge is 0.373 e. The number of hydrogen-bond acceptors (Lipinski definition) is 4. The molecule has 0 amide bonds. The Morgan fingerprint density at radius 1 is 0.778 bits per heavy atom. The van der Waals surface area contributed by atoms with Gasteiger partial charge in [-0.15, -0.1) is 0 Å². The minimum absolute atomic E-state index is 0.0900. The summed E-state index contributed by atoms with van der Waals surface area (Å²) in [7, 11) is -2.62. The summed E-state index contributed by atoms with van der Waals surface area (Å²) in [5.41, 5.74) is 0. The van der Waals surface area contributed by atoms with Crippen molar-refractivity contribution >= 4 is 21.4 Å². The van der Waals surface area contributed by atoms with E-state index in [4.69, 9.17) is 25.9 Å². The Bertz CT molecular complexity index is 171. The molecule has 0 N–H and O–H groups in total. The molecule has 0 heterocycles. The van der Waals surface area contributed by atoms with E-state index < -0.39 is 8.80 Å². The minimum Gasteiger partial charge on any atom is -0.373 e. The standard InChI is InChI=1S/C13H30O3SSi/c1-5-9-13(17)18(14-10-6-2,15-11-7-3)16-12-8-4/h13,17H,5-12H2,1-4H3. The zero-order chi connectivity index (χ0) is 13.9. The van der Waals surface area contributed by atoms with Gasteiger partial charge >= 0.3 is 8.80 Å². The maximum absolute atomic E-state index is 6.02. The number of rotatable bonds is 12. The van der Waals surface area contributed by atoms with Crippen LogP contribution < -0.4 is 0 Å². The van der Waals surface area contributed by atoms with Gasteiger partial charge in [0.1, 0.15) is 0 Å². The van der Waals surface area contributed by atoms with Gasteiger partial charge in [-0.3, -0.25) is 0 Å². The highest BCUT2D eigenvalue weighted by Crippen LogP contribution is 2.24. The van der Waals surface area contributed by atoms with Gasteiger partial charge in [0, 0.05) is 19.8 Å². The number of hydrogen-bond donors (Lipinski definition) is 1. The van der Waals surface area contributed by atoms with E-state index in [1.54, 1.807) is 0 Å². The Labute approximate surface area is 119 Å². The van der Waals surface area contributed by atoms with E-state index in [1.165, 1.54) is 0 Å². The average Bonchev–Trinajstić information content (AvgIpc) is 2.38. The largest absolute Gasteiger partial charge is 0.514 e. The lowest BCUT2D eigenvalue weighted by Crippen LogP contribution is -2.54. The average molecular weight is 295 g/mol. The van der Waals surface area contributed by atoms with Gasteiger partial charge in [-0.2, -0.15) is 12.6 Å². The molecule has 1 atom stereocenters. The van der Waals surface area contributed by atoms with Crippen molar-refractivity contribution in [2.75, 3.05) is 19.8 Å². The Morgan fingerprint density at radius 3 is 1.44 bits per heavy atom. The molecular weight excluding hydrogens is 264 g/mol. The van der Waals surface area contributed by atoms with Crippen LogP contribution in [0.1, 0.15) is 59.8 Å².